The predicted octanol–water partition coefficient (Wildman–Crippen LogP) is 6.75. The highest BCUT2D eigenvalue weighted by molar-refractivity contribution is 7.22. The summed E-state index contributed by atoms with van der Waals surface area (Å²) in [5.74, 6) is 0.353. The van der Waals surface area contributed by atoms with E-state index in [1.54, 1.807) is 47.7 Å². The van der Waals surface area contributed by atoms with Crippen LogP contribution in [0.15, 0.2) is 72.8 Å². The Morgan fingerprint density at radius 2 is 1.60 bits per heavy atom. The maximum absolute atomic E-state index is 13.8. The van der Waals surface area contributed by atoms with Gasteiger partial charge in [0, 0.05) is 30.8 Å². The zero-order valence-corrected chi connectivity index (χ0v) is 24.0. The van der Waals surface area contributed by atoms with Crippen molar-refractivity contribution in [2.45, 2.75) is 37.3 Å². The smallest absolute Gasteiger partial charge is 0.405 e. The Kier molecular flexibility index (Phi) is 8.09. The molecule has 2 aliphatic rings. The van der Waals surface area contributed by atoms with Crippen molar-refractivity contribution >= 4 is 32.6 Å². The number of alkyl halides is 3. The van der Waals surface area contributed by atoms with E-state index in [1.807, 2.05) is 30.3 Å². The SMILES string of the molecule is O=C(NCC(F)(F)F)C1(CCCCN2CCCN(c3nc4ccccc4s3)CC2)c2ccccc2Oc2ccccc21. The molecule has 3 aromatic carbocycles. The number of nitrogens with one attached hydrogen (secondary N) is 1. The van der Waals surface area contributed by atoms with Crippen molar-refractivity contribution in [3.63, 3.8) is 0 Å². The van der Waals surface area contributed by atoms with Gasteiger partial charge in [-0.25, -0.2) is 4.98 Å². The molecule has 0 spiro atoms. The fraction of sp³-hybridized carbons (Fsp3) is 0.375. The highest BCUT2D eigenvalue weighted by Gasteiger charge is 2.48. The summed E-state index contributed by atoms with van der Waals surface area (Å²) in [5, 5.41) is 3.26. The van der Waals surface area contributed by atoms with Gasteiger partial charge in [0.05, 0.1) is 10.2 Å². The van der Waals surface area contributed by atoms with Gasteiger partial charge < -0.3 is 19.9 Å². The first-order valence-corrected chi connectivity index (χ1v) is 15.2. The van der Waals surface area contributed by atoms with Crippen LogP contribution in [0.5, 0.6) is 11.5 Å². The van der Waals surface area contributed by atoms with Gasteiger partial charge in [-0.05, 0) is 56.6 Å². The van der Waals surface area contributed by atoms with E-state index in [9.17, 15) is 18.0 Å². The van der Waals surface area contributed by atoms with Crippen LogP contribution in [0, 0.1) is 0 Å². The van der Waals surface area contributed by atoms with E-state index in [0.29, 0.717) is 35.5 Å². The van der Waals surface area contributed by atoms with Crippen LogP contribution >= 0.6 is 11.3 Å². The molecule has 0 unspecified atom stereocenters. The lowest BCUT2D eigenvalue weighted by atomic mass is 9.68. The fourth-order valence-electron chi connectivity index (χ4n) is 6.15. The molecule has 42 heavy (non-hydrogen) atoms. The molecule has 10 heteroatoms. The number of carbonyl (C=O) groups is 1. The largest absolute Gasteiger partial charge is 0.457 e. The Morgan fingerprint density at radius 3 is 2.31 bits per heavy atom. The second kappa shape index (κ2) is 11.9. The highest BCUT2D eigenvalue weighted by Crippen LogP contribution is 2.50. The van der Waals surface area contributed by atoms with Crippen molar-refractivity contribution in [2.24, 2.45) is 0 Å². The number of halogens is 3. The Bertz CT molecular complexity index is 1480. The van der Waals surface area contributed by atoms with Gasteiger partial charge in [0.15, 0.2) is 5.13 Å². The summed E-state index contributed by atoms with van der Waals surface area (Å²) in [4.78, 5) is 23.4. The maximum Gasteiger partial charge on any atom is 0.405 e. The number of para-hydroxylation sites is 3. The minimum Gasteiger partial charge on any atom is -0.457 e. The Labute approximate surface area is 247 Å². The van der Waals surface area contributed by atoms with Gasteiger partial charge >= 0.3 is 6.18 Å². The average molecular weight is 595 g/mol. The molecule has 3 heterocycles. The van der Waals surface area contributed by atoms with Crippen LogP contribution < -0.4 is 15.0 Å². The van der Waals surface area contributed by atoms with Gasteiger partial charge in [-0.1, -0.05) is 66.3 Å². The molecule has 0 bridgehead atoms. The minimum atomic E-state index is -4.51. The second-order valence-corrected chi connectivity index (χ2v) is 11.9. The van der Waals surface area contributed by atoms with Crippen molar-refractivity contribution in [2.75, 3.05) is 44.2 Å². The topological polar surface area (TPSA) is 57.7 Å². The van der Waals surface area contributed by atoms with Crippen LogP contribution in [0.3, 0.4) is 0 Å². The van der Waals surface area contributed by atoms with Gasteiger partial charge in [0.25, 0.3) is 0 Å². The van der Waals surface area contributed by atoms with Crippen LogP contribution in [-0.4, -0.2) is 61.2 Å². The number of aromatic nitrogens is 1. The molecule has 1 N–H and O–H groups in total. The van der Waals surface area contributed by atoms with Gasteiger partial charge in [0.2, 0.25) is 5.91 Å². The van der Waals surface area contributed by atoms with Crippen molar-refractivity contribution in [1.29, 1.82) is 0 Å². The van der Waals surface area contributed by atoms with Crippen molar-refractivity contribution < 1.29 is 22.7 Å². The molecule has 2 aliphatic heterocycles. The number of amides is 1. The number of hydrogen-bond donors (Lipinski definition) is 1. The third kappa shape index (κ3) is 5.83. The fourth-order valence-corrected chi connectivity index (χ4v) is 7.16. The Morgan fingerprint density at radius 1 is 0.905 bits per heavy atom. The average Bonchev–Trinajstić information content (AvgIpc) is 3.28. The monoisotopic (exact) mass is 594 g/mol. The van der Waals surface area contributed by atoms with E-state index in [4.69, 9.17) is 9.72 Å². The lowest BCUT2D eigenvalue weighted by Crippen LogP contribution is -2.49. The molecule has 6 nitrogen and oxygen atoms in total. The molecular formula is C32H33F3N4O2S. The van der Waals surface area contributed by atoms with E-state index < -0.39 is 24.0 Å². The summed E-state index contributed by atoms with van der Waals surface area (Å²) in [6.45, 7) is 3.20. The zero-order valence-electron chi connectivity index (χ0n) is 23.2. The molecule has 6 rings (SSSR count). The maximum atomic E-state index is 13.8. The summed E-state index contributed by atoms with van der Waals surface area (Å²) in [6, 6.07) is 22.5. The summed E-state index contributed by atoms with van der Waals surface area (Å²) in [7, 11) is 0. The minimum absolute atomic E-state index is 0.375. The molecule has 1 aromatic heterocycles. The molecule has 0 radical (unpaired) electrons. The number of unbranched alkanes of at least 4 members (excludes halogenated alkanes) is 1. The van der Waals surface area contributed by atoms with E-state index in [2.05, 4.69) is 21.2 Å². The first kappa shape index (κ1) is 28.5. The second-order valence-electron chi connectivity index (χ2n) is 10.9. The third-order valence-electron chi connectivity index (χ3n) is 8.17. The lowest BCUT2D eigenvalue weighted by Gasteiger charge is -2.39. The van der Waals surface area contributed by atoms with Crippen molar-refractivity contribution in [3.8, 4) is 11.5 Å². The third-order valence-corrected chi connectivity index (χ3v) is 9.27. The standard InChI is InChI=1S/C32H33F3N4O2S/c33-32(34,35)22-36-29(40)31(23-10-1-4-13-26(23)41-27-14-5-2-11-24(27)31)16-7-8-17-38-18-9-19-39(21-20-38)30-37-25-12-3-6-15-28(25)42-30/h1-6,10-15H,7-9,16-22H2,(H,36,40). The first-order valence-electron chi connectivity index (χ1n) is 14.4. The van der Waals surface area contributed by atoms with E-state index in [-0.39, 0.29) is 0 Å². The van der Waals surface area contributed by atoms with Crippen LogP contribution in [0.25, 0.3) is 10.2 Å². The number of rotatable bonds is 8. The van der Waals surface area contributed by atoms with E-state index in [1.165, 1.54) is 4.70 Å². The Balaban J connectivity index is 1.15. The quantitative estimate of drug-likeness (QED) is 0.229. The van der Waals surface area contributed by atoms with Gasteiger partial charge in [-0.15, -0.1) is 0 Å². The van der Waals surface area contributed by atoms with Gasteiger partial charge in [-0.3, -0.25) is 4.79 Å². The summed E-state index contributed by atoms with van der Waals surface area (Å²) in [5.41, 5.74) is 0.955. The van der Waals surface area contributed by atoms with Crippen LogP contribution in [-0.2, 0) is 10.2 Å². The molecule has 1 fully saturated rings. The predicted molar refractivity (Wildman–Crippen MR) is 160 cm³/mol. The number of nitrogens with zero attached hydrogens (tertiary/aromatic N) is 3. The Hall–Kier alpha value is -3.63. The van der Waals surface area contributed by atoms with Crippen LogP contribution in [0.2, 0.25) is 0 Å². The zero-order chi connectivity index (χ0) is 29.2. The number of fused-ring (bicyclic) bond motifs is 3. The van der Waals surface area contributed by atoms with E-state index in [0.717, 1.165) is 56.2 Å². The molecule has 1 amide bonds. The molecule has 1 saturated heterocycles. The van der Waals surface area contributed by atoms with Crippen molar-refractivity contribution in [3.05, 3.63) is 83.9 Å². The normalized spacial score (nSPS) is 16.8. The van der Waals surface area contributed by atoms with Crippen LogP contribution in [0.4, 0.5) is 18.3 Å². The number of ether oxygens (including phenoxy) is 1. The number of benzene rings is 3. The molecule has 0 saturated carbocycles. The highest BCUT2D eigenvalue weighted by atomic mass is 32.1. The molecule has 4 aromatic rings. The summed E-state index contributed by atoms with van der Waals surface area (Å²) in [6.07, 6.45) is -1.62. The number of thiazole rings is 1. The van der Waals surface area contributed by atoms with E-state index >= 15 is 0 Å². The van der Waals surface area contributed by atoms with Crippen molar-refractivity contribution in [1.82, 2.24) is 15.2 Å². The van der Waals surface area contributed by atoms with Gasteiger partial charge in [0.1, 0.15) is 23.5 Å². The molecule has 220 valence electrons. The van der Waals surface area contributed by atoms with Gasteiger partial charge in [-0.2, -0.15) is 13.2 Å². The molecule has 0 aliphatic carbocycles. The number of hydrogen-bond acceptors (Lipinski definition) is 6. The molecular weight excluding hydrogens is 561 g/mol. The first-order chi connectivity index (χ1) is 20.3. The van der Waals surface area contributed by atoms with Crippen LogP contribution in [0.1, 0.15) is 36.8 Å². The number of carbonyl (C=O) groups excluding carboxylic acids is 1. The summed E-state index contributed by atoms with van der Waals surface area (Å²) < 4.78 is 46.8. The molecule has 0 atom stereocenters. The number of anilines is 1. The summed E-state index contributed by atoms with van der Waals surface area (Å²) >= 11 is 1.73. The lowest BCUT2D eigenvalue weighted by molar-refractivity contribution is -0.141.